The summed E-state index contributed by atoms with van der Waals surface area (Å²) in [6, 6.07) is 8.01. The zero-order valence-corrected chi connectivity index (χ0v) is 7.38. The van der Waals surface area contributed by atoms with Gasteiger partial charge < -0.3 is 4.55 Å². The van der Waals surface area contributed by atoms with Gasteiger partial charge in [-0.2, -0.15) is 0 Å². The molecule has 66 valence electrons. The van der Waals surface area contributed by atoms with Gasteiger partial charge in [-0.15, -0.1) is 0 Å². The van der Waals surface area contributed by atoms with Crippen LogP contribution in [0.15, 0.2) is 24.3 Å². The molecular formula is C9H11NaO2S. The molecule has 0 aliphatic heterocycles. The van der Waals surface area contributed by atoms with Gasteiger partial charge in [-0.05, 0) is 24.0 Å². The Morgan fingerprint density at radius 2 is 1.69 bits per heavy atom. The molecule has 0 amide bonds. The Morgan fingerprint density at radius 1 is 1.23 bits per heavy atom. The normalized spacial score (nSPS) is 17.6. The van der Waals surface area contributed by atoms with Crippen LogP contribution in [0.1, 0.15) is 11.1 Å². The molecular weight excluding hydrogens is 195 g/mol. The van der Waals surface area contributed by atoms with Gasteiger partial charge in [0, 0.05) is 0 Å². The third-order valence-electron chi connectivity index (χ3n) is 2.30. The predicted octanol–water partition coefficient (Wildman–Crippen LogP) is 0.727. The Kier molecular flexibility index (Phi) is 4.13. The Hall–Kier alpha value is 0.330. The molecule has 0 saturated carbocycles. The van der Waals surface area contributed by atoms with Crippen molar-refractivity contribution in [2.45, 2.75) is 18.1 Å². The fourth-order valence-corrected chi connectivity index (χ4v) is 2.31. The van der Waals surface area contributed by atoms with Crippen molar-refractivity contribution in [2.24, 2.45) is 0 Å². The number of rotatable bonds is 1. The van der Waals surface area contributed by atoms with E-state index >= 15 is 0 Å². The zero-order chi connectivity index (χ0) is 8.55. The van der Waals surface area contributed by atoms with Gasteiger partial charge in [-0.25, -0.2) is 4.21 Å². The van der Waals surface area contributed by atoms with Crippen LogP contribution < -0.4 is 0 Å². The van der Waals surface area contributed by atoms with E-state index in [1.807, 2.05) is 24.3 Å². The van der Waals surface area contributed by atoms with Crippen LogP contribution >= 0.6 is 0 Å². The second kappa shape index (κ2) is 4.71. The molecule has 2 rings (SSSR count). The van der Waals surface area contributed by atoms with Crippen LogP contribution in [0.25, 0.3) is 0 Å². The average Bonchev–Trinajstić information content (AvgIpc) is 2.46. The van der Waals surface area contributed by atoms with Crippen LogP contribution in [0.2, 0.25) is 0 Å². The molecule has 1 N–H and O–H groups in total. The van der Waals surface area contributed by atoms with E-state index in [1.54, 1.807) is 0 Å². The molecule has 0 spiro atoms. The molecule has 0 heterocycles. The van der Waals surface area contributed by atoms with E-state index in [0.29, 0.717) is 0 Å². The van der Waals surface area contributed by atoms with Crippen LogP contribution in [0.3, 0.4) is 0 Å². The Balaban J connectivity index is 0.000000845. The van der Waals surface area contributed by atoms with Crippen molar-refractivity contribution in [1.82, 2.24) is 0 Å². The number of hydrogen-bond donors (Lipinski definition) is 1. The van der Waals surface area contributed by atoms with Crippen LogP contribution in [0.4, 0.5) is 0 Å². The molecule has 4 heteroatoms. The molecule has 2 nitrogen and oxygen atoms in total. The van der Waals surface area contributed by atoms with Crippen molar-refractivity contribution >= 4 is 40.6 Å². The summed E-state index contributed by atoms with van der Waals surface area (Å²) in [5.41, 5.74) is 2.45. The molecule has 1 aromatic rings. The van der Waals surface area contributed by atoms with Gasteiger partial charge in [0.1, 0.15) is 0 Å². The van der Waals surface area contributed by atoms with Crippen molar-refractivity contribution in [3.8, 4) is 0 Å². The summed E-state index contributed by atoms with van der Waals surface area (Å²) in [6.07, 6.45) is 1.50. The summed E-state index contributed by atoms with van der Waals surface area (Å²) in [7, 11) is 0. The molecule has 0 fully saturated rings. The first-order valence-corrected chi connectivity index (χ1v) is 5.11. The molecule has 13 heavy (non-hydrogen) atoms. The van der Waals surface area contributed by atoms with Gasteiger partial charge >= 0.3 is 29.6 Å². The van der Waals surface area contributed by atoms with Gasteiger partial charge in [0.05, 0.1) is 5.25 Å². The number of hydrogen-bond acceptors (Lipinski definition) is 1. The van der Waals surface area contributed by atoms with Crippen molar-refractivity contribution in [1.29, 1.82) is 0 Å². The van der Waals surface area contributed by atoms with E-state index in [2.05, 4.69) is 0 Å². The van der Waals surface area contributed by atoms with E-state index < -0.39 is 11.1 Å². The molecule has 1 atom stereocenters. The molecule has 1 aromatic carbocycles. The Bertz CT molecular complexity index is 302. The topological polar surface area (TPSA) is 37.3 Å². The Labute approximate surface area is 102 Å². The average molecular weight is 206 g/mol. The maximum atomic E-state index is 10.8. The van der Waals surface area contributed by atoms with E-state index in [-0.39, 0.29) is 34.8 Å². The second-order valence-corrected chi connectivity index (χ2v) is 4.29. The first-order valence-electron chi connectivity index (χ1n) is 3.94. The van der Waals surface area contributed by atoms with Crippen molar-refractivity contribution in [3.63, 3.8) is 0 Å². The zero-order valence-electron chi connectivity index (χ0n) is 6.56. The van der Waals surface area contributed by atoms with Gasteiger partial charge in [0.15, 0.2) is 11.1 Å². The summed E-state index contributed by atoms with van der Waals surface area (Å²) >= 11 is -1.67. The van der Waals surface area contributed by atoms with E-state index in [9.17, 15) is 4.21 Å². The van der Waals surface area contributed by atoms with Crippen molar-refractivity contribution in [3.05, 3.63) is 35.4 Å². The predicted molar refractivity (Wildman–Crippen MR) is 55.6 cm³/mol. The SMILES string of the molecule is O=S(O)C1Cc2ccccc2C1.[NaH]. The number of fused-ring (bicyclic) bond motifs is 1. The van der Waals surface area contributed by atoms with Crippen LogP contribution in [-0.2, 0) is 23.9 Å². The molecule has 0 bridgehead atoms. The van der Waals surface area contributed by atoms with E-state index in [0.717, 1.165) is 12.8 Å². The Morgan fingerprint density at radius 3 is 2.08 bits per heavy atom. The minimum absolute atomic E-state index is 0. The van der Waals surface area contributed by atoms with Crippen LogP contribution in [0.5, 0.6) is 0 Å². The van der Waals surface area contributed by atoms with Gasteiger partial charge in [0.25, 0.3) is 0 Å². The standard InChI is InChI=1S/C9H10O2S.Na.H/c10-12(11)9-5-7-3-1-2-4-8(7)6-9;;/h1-4,9H,5-6H2,(H,10,11);;. The summed E-state index contributed by atoms with van der Waals surface area (Å²) in [6.45, 7) is 0. The van der Waals surface area contributed by atoms with Crippen LogP contribution in [-0.4, -0.2) is 43.6 Å². The summed E-state index contributed by atoms with van der Waals surface area (Å²) in [4.78, 5) is 0. The number of benzene rings is 1. The molecule has 0 radical (unpaired) electrons. The maximum absolute atomic E-state index is 10.8. The van der Waals surface area contributed by atoms with E-state index in [4.69, 9.17) is 4.55 Å². The first kappa shape index (κ1) is 11.4. The quantitative estimate of drug-likeness (QED) is 0.543. The minimum atomic E-state index is -1.67. The molecule has 0 aromatic heterocycles. The van der Waals surface area contributed by atoms with Gasteiger partial charge in [0.2, 0.25) is 0 Å². The fourth-order valence-electron chi connectivity index (χ4n) is 1.66. The van der Waals surface area contributed by atoms with Gasteiger partial charge in [-0.1, -0.05) is 24.3 Å². The summed E-state index contributed by atoms with van der Waals surface area (Å²) in [5, 5.41) is -0.0811. The monoisotopic (exact) mass is 206 g/mol. The summed E-state index contributed by atoms with van der Waals surface area (Å²) in [5.74, 6) is 0. The molecule has 1 aliphatic rings. The molecule has 1 aliphatic carbocycles. The third kappa shape index (κ3) is 2.42. The van der Waals surface area contributed by atoms with Crippen molar-refractivity contribution < 1.29 is 8.76 Å². The van der Waals surface area contributed by atoms with Gasteiger partial charge in [-0.3, -0.25) is 0 Å². The first-order chi connectivity index (χ1) is 5.77. The molecule has 1 unspecified atom stereocenters. The molecule has 0 saturated heterocycles. The van der Waals surface area contributed by atoms with Crippen molar-refractivity contribution in [2.75, 3.05) is 0 Å². The van der Waals surface area contributed by atoms with E-state index in [1.165, 1.54) is 11.1 Å². The second-order valence-electron chi connectivity index (χ2n) is 3.08. The fraction of sp³-hybridized carbons (Fsp3) is 0.333. The van der Waals surface area contributed by atoms with Crippen LogP contribution in [0, 0.1) is 0 Å². The summed E-state index contributed by atoms with van der Waals surface area (Å²) < 4.78 is 19.7. The third-order valence-corrected chi connectivity index (χ3v) is 3.20.